The number of para-hydroxylation sites is 1. The van der Waals surface area contributed by atoms with Crippen LogP contribution in [0.1, 0.15) is 17.3 Å². The number of rotatable bonds is 7. The minimum atomic E-state index is -0.153. The third-order valence-electron chi connectivity index (χ3n) is 4.37. The molecule has 0 fully saturated rings. The fourth-order valence-corrected chi connectivity index (χ4v) is 2.90. The molecule has 1 heterocycles. The molecular formula is C21H23N3O3. The molecule has 0 unspecified atom stereocenters. The van der Waals surface area contributed by atoms with Crippen molar-refractivity contribution in [3.8, 4) is 22.7 Å². The third kappa shape index (κ3) is 4.01. The van der Waals surface area contributed by atoms with Gasteiger partial charge in [0.1, 0.15) is 11.4 Å². The number of ether oxygens (including phenoxy) is 1. The van der Waals surface area contributed by atoms with Crippen molar-refractivity contribution in [2.45, 2.75) is 6.92 Å². The van der Waals surface area contributed by atoms with Crippen molar-refractivity contribution in [2.75, 3.05) is 26.8 Å². The topological polar surface area (TPSA) is 67.6 Å². The van der Waals surface area contributed by atoms with E-state index in [1.165, 1.54) is 0 Å². The Bertz CT molecular complexity index is 889. The van der Waals surface area contributed by atoms with Crippen LogP contribution in [-0.4, -0.2) is 52.5 Å². The Kier molecular flexibility index (Phi) is 5.88. The fraction of sp³-hybridized carbons (Fsp3) is 0.238. The zero-order valence-corrected chi connectivity index (χ0v) is 15.5. The van der Waals surface area contributed by atoms with Crippen molar-refractivity contribution in [3.05, 3.63) is 66.4 Å². The normalized spacial score (nSPS) is 10.6. The van der Waals surface area contributed by atoms with Crippen LogP contribution in [0.25, 0.3) is 16.9 Å². The lowest BCUT2D eigenvalue weighted by Gasteiger charge is -2.19. The number of methoxy groups -OCH3 is 1. The van der Waals surface area contributed by atoms with E-state index in [2.05, 4.69) is 5.10 Å². The van der Waals surface area contributed by atoms with Crippen LogP contribution in [0.4, 0.5) is 0 Å². The van der Waals surface area contributed by atoms with E-state index in [9.17, 15) is 9.90 Å². The van der Waals surface area contributed by atoms with E-state index in [4.69, 9.17) is 4.74 Å². The Hall–Kier alpha value is -3.12. The summed E-state index contributed by atoms with van der Waals surface area (Å²) in [7, 11) is 1.61. The van der Waals surface area contributed by atoms with Gasteiger partial charge in [-0.3, -0.25) is 4.79 Å². The molecule has 3 rings (SSSR count). The molecule has 27 heavy (non-hydrogen) atoms. The van der Waals surface area contributed by atoms with Crippen molar-refractivity contribution in [1.82, 2.24) is 14.7 Å². The average molecular weight is 365 g/mol. The summed E-state index contributed by atoms with van der Waals surface area (Å²) < 4.78 is 6.92. The van der Waals surface area contributed by atoms with Gasteiger partial charge in [0.2, 0.25) is 0 Å². The molecule has 1 amide bonds. The standard InChI is InChI=1S/C21H23N3O3/c1-3-23(13-14-25)21(26)19-15-24(17-7-5-4-6-8-17)22-20(19)16-9-11-18(27-2)12-10-16/h4-12,15,25H,3,13-14H2,1-2H3. The van der Waals surface area contributed by atoms with Crippen LogP contribution >= 0.6 is 0 Å². The third-order valence-corrected chi connectivity index (χ3v) is 4.37. The van der Waals surface area contributed by atoms with Gasteiger partial charge in [0.05, 0.1) is 25.0 Å². The Morgan fingerprint density at radius 3 is 2.44 bits per heavy atom. The first-order valence-corrected chi connectivity index (χ1v) is 8.87. The second-order valence-electron chi connectivity index (χ2n) is 6.01. The van der Waals surface area contributed by atoms with Gasteiger partial charge >= 0.3 is 0 Å². The van der Waals surface area contributed by atoms with Crippen LogP contribution in [-0.2, 0) is 0 Å². The number of aliphatic hydroxyl groups excluding tert-OH is 1. The highest BCUT2D eigenvalue weighted by Crippen LogP contribution is 2.26. The van der Waals surface area contributed by atoms with Crippen molar-refractivity contribution in [2.24, 2.45) is 0 Å². The summed E-state index contributed by atoms with van der Waals surface area (Å²) in [6.45, 7) is 2.61. The number of hydrogen-bond acceptors (Lipinski definition) is 4. The highest BCUT2D eigenvalue weighted by atomic mass is 16.5. The van der Waals surface area contributed by atoms with Crippen LogP contribution in [0.2, 0.25) is 0 Å². The van der Waals surface area contributed by atoms with E-state index in [0.717, 1.165) is 17.0 Å². The van der Waals surface area contributed by atoms with Gasteiger partial charge in [0.15, 0.2) is 0 Å². The van der Waals surface area contributed by atoms with E-state index < -0.39 is 0 Å². The monoisotopic (exact) mass is 365 g/mol. The molecule has 6 heteroatoms. The Balaban J connectivity index is 2.08. The van der Waals surface area contributed by atoms with Gasteiger partial charge in [-0.05, 0) is 43.3 Å². The van der Waals surface area contributed by atoms with E-state index in [1.807, 2.05) is 61.5 Å². The largest absolute Gasteiger partial charge is 0.497 e. The zero-order valence-electron chi connectivity index (χ0n) is 15.5. The maximum absolute atomic E-state index is 13.1. The number of aromatic nitrogens is 2. The van der Waals surface area contributed by atoms with E-state index in [0.29, 0.717) is 17.8 Å². The van der Waals surface area contributed by atoms with Crippen molar-refractivity contribution in [1.29, 1.82) is 0 Å². The van der Waals surface area contributed by atoms with Gasteiger partial charge in [0, 0.05) is 24.8 Å². The molecule has 0 aliphatic heterocycles. The number of aliphatic hydroxyl groups is 1. The lowest BCUT2D eigenvalue weighted by molar-refractivity contribution is 0.0732. The highest BCUT2D eigenvalue weighted by molar-refractivity contribution is 6.00. The number of nitrogens with zero attached hydrogens (tertiary/aromatic N) is 3. The summed E-state index contributed by atoms with van der Waals surface area (Å²) in [6.07, 6.45) is 1.75. The second-order valence-corrected chi connectivity index (χ2v) is 6.01. The Labute approximate surface area is 158 Å². The van der Waals surface area contributed by atoms with Gasteiger partial charge < -0.3 is 14.7 Å². The molecule has 1 aromatic heterocycles. The van der Waals surface area contributed by atoms with Gasteiger partial charge in [-0.25, -0.2) is 4.68 Å². The number of carbonyl (C=O) groups is 1. The quantitative estimate of drug-likeness (QED) is 0.699. The van der Waals surface area contributed by atoms with E-state index in [1.54, 1.807) is 22.9 Å². The Morgan fingerprint density at radius 1 is 1.15 bits per heavy atom. The number of carbonyl (C=O) groups excluding carboxylic acids is 1. The maximum Gasteiger partial charge on any atom is 0.257 e. The first-order chi connectivity index (χ1) is 13.2. The first-order valence-electron chi connectivity index (χ1n) is 8.87. The second kappa shape index (κ2) is 8.51. The molecule has 140 valence electrons. The maximum atomic E-state index is 13.1. The molecule has 3 aromatic rings. The lowest BCUT2D eigenvalue weighted by atomic mass is 10.1. The number of benzene rings is 2. The number of likely N-dealkylation sites (N-methyl/N-ethyl adjacent to an activating group) is 1. The molecule has 6 nitrogen and oxygen atoms in total. The zero-order chi connectivity index (χ0) is 19.2. The molecule has 0 aliphatic carbocycles. The molecule has 1 N–H and O–H groups in total. The molecule has 0 spiro atoms. The predicted molar refractivity (Wildman–Crippen MR) is 104 cm³/mol. The summed E-state index contributed by atoms with van der Waals surface area (Å²) in [4.78, 5) is 14.7. The SMILES string of the molecule is CCN(CCO)C(=O)c1cn(-c2ccccc2)nc1-c1ccc(OC)cc1. The molecule has 2 aromatic carbocycles. The highest BCUT2D eigenvalue weighted by Gasteiger charge is 2.22. The first kappa shape index (κ1) is 18.7. The van der Waals surface area contributed by atoms with Crippen LogP contribution in [0.3, 0.4) is 0 Å². The summed E-state index contributed by atoms with van der Waals surface area (Å²) in [6, 6.07) is 17.1. The van der Waals surface area contributed by atoms with Crippen molar-refractivity contribution >= 4 is 5.91 Å². The van der Waals surface area contributed by atoms with Crippen LogP contribution < -0.4 is 4.74 Å². The molecular weight excluding hydrogens is 342 g/mol. The minimum absolute atomic E-state index is 0.0791. The van der Waals surface area contributed by atoms with Crippen LogP contribution in [0.5, 0.6) is 5.75 Å². The smallest absolute Gasteiger partial charge is 0.257 e. The van der Waals surface area contributed by atoms with E-state index >= 15 is 0 Å². The summed E-state index contributed by atoms with van der Waals surface area (Å²) in [5.74, 6) is 0.587. The fourth-order valence-electron chi connectivity index (χ4n) is 2.90. The molecule has 0 radical (unpaired) electrons. The molecule has 0 saturated carbocycles. The van der Waals surface area contributed by atoms with Crippen molar-refractivity contribution < 1.29 is 14.6 Å². The van der Waals surface area contributed by atoms with Gasteiger partial charge in [0.25, 0.3) is 5.91 Å². The molecule has 0 aliphatic rings. The minimum Gasteiger partial charge on any atom is -0.497 e. The van der Waals surface area contributed by atoms with Crippen LogP contribution in [0, 0.1) is 0 Å². The van der Waals surface area contributed by atoms with Crippen LogP contribution in [0.15, 0.2) is 60.8 Å². The van der Waals surface area contributed by atoms with Crippen molar-refractivity contribution in [3.63, 3.8) is 0 Å². The molecule has 0 atom stereocenters. The average Bonchev–Trinajstić information content (AvgIpc) is 3.17. The van der Waals surface area contributed by atoms with E-state index in [-0.39, 0.29) is 19.1 Å². The van der Waals surface area contributed by atoms with Gasteiger partial charge in [-0.2, -0.15) is 5.10 Å². The van der Waals surface area contributed by atoms with Gasteiger partial charge in [-0.15, -0.1) is 0 Å². The summed E-state index contributed by atoms with van der Waals surface area (Å²) >= 11 is 0. The lowest BCUT2D eigenvalue weighted by Crippen LogP contribution is -2.33. The Morgan fingerprint density at radius 2 is 1.85 bits per heavy atom. The number of amides is 1. The molecule has 0 saturated heterocycles. The van der Waals surface area contributed by atoms with Gasteiger partial charge in [-0.1, -0.05) is 18.2 Å². The number of hydrogen-bond donors (Lipinski definition) is 1. The summed E-state index contributed by atoms with van der Waals surface area (Å²) in [5.41, 5.74) is 2.80. The predicted octanol–water partition coefficient (Wildman–Crippen LogP) is 3.00. The molecule has 0 bridgehead atoms. The summed E-state index contributed by atoms with van der Waals surface area (Å²) in [5, 5.41) is 13.9.